The summed E-state index contributed by atoms with van der Waals surface area (Å²) in [5.41, 5.74) is 2.23. The summed E-state index contributed by atoms with van der Waals surface area (Å²) in [6.45, 7) is 5.94. The van der Waals surface area contributed by atoms with E-state index in [1.54, 1.807) is 0 Å². The van der Waals surface area contributed by atoms with E-state index in [2.05, 4.69) is 30.7 Å². The summed E-state index contributed by atoms with van der Waals surface area (Å²) in [4.78, 5) is 8.17. The molecule has 0 amide bonds. The van der Waals surface area contributed by atoms with Gasteiger partial charge in [0, 0.05) is 7.05 Å². The number of hydroxylamine groups is 2. The van der Waals surface area contributed by atoms with E-state index in [0.29, 0.717) is 12.6 Å². The molecule has 1 aromatic rings. The summed E-state index contributed by atoms with van der Waals surface area (Å²) >= 11 is 0. The smallest absolute Gasteiger partial charge is 0.0999 e. The Balaban J connectivity index is 1.85. The SMILES string of the molecule is C=C([C@@H]1CCCCN1C)N(C)OCc1ccccc1. The molecule has 0 aromatic heterocycles. The van der Waals surface area contributed by atoms with Crippen LogP contribution in [0.25, 0.3) is 0 Å². The van der Waals surface area contributed by atoms with Gasteiger partial charge in [-0.15, -0.1) is 0 Å². The lowest BCUT2D eigenvalue weighted by atomic mass is 10.0. The van der Waals surface area contributed by atoms with Gasteiger partial charge < -0.3 is 0 Å². The van der Waals surface area contributed by atoms with Crippen LogP contribution in [0.1, 0.15) is 24.8 Å². The number of benzene rings is 1. The Morgan fingerprint density at radius 3 is 2.79 bits per heavy atom. The summed E-state index contributed by atoms with van der Waals surface area (Å²) in [6, 6.07) is 10.6. The van der Waals surface area contributed by atoms with Crippen molar-refractivity contribution in [2.75, 3.05) is 20.6 Å². The van der Waals surface area contributed by atoms with Crippen LogP contribution in [-0.4, -0.2) is 36.6 Å². The molecule has 104 valence electrons. The van der Waals surface area contributed by atoms with Crippen LogP contribution < -0.4 is 0 Å². The molecule has 0 unspecified atom stereocenters. The first-order valence-electron chi connectivity index (χ1n) is 6.98. The van der Waals surface area contributed by atoms with Crippen LogP contribution in [0.15, 0.2) is 42.6 Å². The molecule has 1 aromatic carbocycles. The van der Waals surface area contributed by atoms with E-state index in [1.165, 1.54) is 24.8 Å². The molecule has 0 saturated carbocycles. The minimum absolute atomic E-state index is 0.412. The van der Waals surface area contributed by atoms with Gasteiger partial charge in [-0.2, -0.15) is 0 Å². The Kier molecular flexibility index (Phi) is 5.00. The molecule has 1 heterocycles. The third-order valence-electron chi connectivity index (χ3n) is 3.83. The molecule has 2 rings (SSSR count). The number of hydrogen-bond donors (Lipinski definition) is 0. The van der Waals surface area contributed by atoms with E-state index in [4.69, 9.17) is 4.84 Å². The Labute approximate surface area is 116 Å². The minimum atomic E-state index is 0.412. The number of rotatable bonds is 5. The van der Waals surface area contributed by atoms with Crippen molar-refractivity contribution in [2.24, 2.45) is 0 Å². The van der Waals surface area contributed by atoms with Crippen molar-refractivity contribution in [1.29, 1.82) is 0 Å². The molecule has 0 spiro atoms. The van der Waals surface area contributed by atoms with Crippen molar-refractivity contribution >= 4 is 0 Å². The molecule has 0 aliphatic carbocycles. The first-order chi connectivity index (χ1) is 9.18. The van der Waals surface area contributed by atoms with E-state index in [9.17, 15) is 0 Å². The van der Waals surface area contributed by atoms with Crippen LogP contribution in [0.3, 0.4) is 0 Å². The van der Waals surface area contributed by atoms with Gasteiger partial charge in [-0.05, 0) is 32.0 Å². The number of piperidine rings is 1. The van der Waals surface area contributed by atoms with Crippen molar-refractivity contribution in [3.05, 3.63) is 48.2 Å². The molecule has 1 aliphatic rings. The summed E-state index contributed by atoms with van der Waals surface area (Å²) in [5, 5.41) is 1.83. The van der Waals surface area contributed by atoms with E-state index in [-0.39, 0.29) is 0 Å². The van der Waals surface area contributed by atoms with Gasteiger partial charge in [0.05, 0.1) is 18.3 Å². The first kappa shape index (κ1) is 14.1. The van der Waals surface area contributed by atoms with Gasteiger partial charge in [0.1, 0.15) is 0 Å². The van der Waals surface area contributed by atoms with E-state index < -0.39 is 0 Å². The number of likely N-dealkylation sites (N-methyl/N-ethyl adjacent to an activating group) is 2. The molecule has 1 aliphatic heterocycles. The molecule has 3 heteroatoms. The molecule has 1 saturated heterocycles. The van der Waals surface area contributed by atoms with Crippen molar-refractivity contribution in [2.45, 2.75) is 31.9 Å². The average molecular weight is 260 g/mol. The molecule has 3 nitrogen and oxygen atoms in total. The van der Waals surface area contributed by atoms with Gasteiger partial charge in [-0.1, -0.05) is 43.3 Å². The largest absolute Gasteiger partial charge is 0.298 e. The lowest BCUT2D eigenvalue weighted by molar-refractivity contribution is -0.132. The van der Waals surface area contributed by atoms with E-state index in [1.807, 2.05) is 30.3 Å². The highest BCUT2D eigenvalue weighted by Crippen LogP contribution is 2.22. The van der Waals surface area contributed by atoms with E-state index in [0.717, 1.165) is 12.2 Å². The Hall–Kier alpha value is -1.32. The fourth-order valence-corrected chi connectivity index (χ4v) is 2.53. The third-order valence-corrected chi connectivity index (χ3v) is 3.83. The summed E-state index contributed by atoms with van der Waals surface area (Å²) in [5.74, 6) is 0. The fraction of sp³-hybridized carbons (Fsp3) is 0.500. The predicted octanol–water partition coefficient (Wildman–Crippen LogP) is 3.05. The van der Waals surface area contributed by atoms with Gasteiger partial charge >= 0.3 is 0 Å². The maximum absolute atomic E-state index is 5.80. The van der Waals surface area contributed by atoms with Crippen molar-refractivity contribution in [3.8, 4) is 0 Å². The zero-order valence-corrected chi connectivity index (χ0v) is 12.0. The molecular formula is C16H24N2O. The lowest BCUT2D eigenvalue weighted by Crippen LogP contribution is -2.41. The van der Waals surface area contributed by atoms with Crippen molar-refractivity contribution in [3.63, 3.8) is 0 Å². The van der Waals surface area contributed by atoms with Gasteiger partial charge in [0.15, 0.2) is 0 Å². The number of hydrogen-bond acceptors (Lipinski definition) is 3. The second kappa shape index (κ2) is 6.73. The standard InChI is InChI=1S/C16H24N2O/c1-14(16-11-7-8-12-17(16)2)18(3)19-13-15-9-5-4-6-10-15/h4-6,9-10,16H,1,7-8,11-13H2,2-3H3/t16-/m0/s1. The van der Waals surface area contributed by atoms with Crippen LogP contribution in [0.5, 0.6) is 0 Å². The average Bonchev–Trinajstić information content (AvgIpc) is 2.45. The second-order valence-electron chi connectivity index (χ2n) is 5.24. The Bertz CT molecular complexity index is 404. The van der Waals surface area contributed by atoms with Crippen LogP contribution in [0, 0.1) is 0 Å². The zero-order chi connectivity index (χ0) is 13.7. The molecule has 0 N–H and O–H groups in total. The van der Waals surface area contributed by atoms with Gasteiger partial charge in [0.2, 0.25) is 0 Å². The van der Waals surface area contributed by atoms with Crippen LogP contribution in [0.4, 0.5) is 0 Å². The maximum Gasteiger partial charge on any atom is 0.0999 e. The normalized spacial score (nSPS) is 20.2. The fourth-order valence-electron chi connectivity index (χ4n) is 2.53. The molecule has 0 radical (unpaired) electrons. The topological polar surface area (TPSA) is 15.7 Å². The highest BCUT2D eigenvalue weighted by atomic mass is 16.7. The van der Waals surface area contributed by atoms with E-state index >= 15 is 0 Å². The van der Waals surface area contributed by atoms with Crippen LogP contribution in [-0.2, 0) is 11.4 Å². The minimum Gasteiger partial charge on any atom is -0.298 e. The van der Waals surface area contributed by atoms with Gasteiger partial charge in [0.25, 0.3) is 0 Å². The van der Waals surface area contributed by atoms with Crippen LogP contribution in [0.2, 0.25) is 0 Å². The van der Waals surface area contributed by atoms with Gasteiger partial charge in [-0.25, -0.2) is 0 Å². The summed E-state index contributed by atoms with van der Waals surface area (Å²) in [7, 11) is 4.12. The molecule has 1 fully saturated rings. The highest BCUT2D eigenvalue weighted by Gasteiger charge is 2.24. The van der Waals surface area contributed by atoms with Gasteiger partial charge in [-0.3, -0.25) is 14.8 Å². The number of likely N-dealkylation sites (tertiary alicyclic amines) is 1. The summed E-state index contributed by atoms with van der Waals surface area (Å²) in [6.07, 6.45) is 3.74. The molecule has 19 heavy (non-hydrogen) atoms. The monoisotopic (exact) mass is 260 g/mol. The third kappa shape index (κ3) is 3.82. The highest BCUT2D eigenvalue weighted by molar-refractivity contribution is 5.13. The zero-order valence-electron chi connectivity index (χ0n) is 12.0. The summed E-state index contributed by atoms with van der Waals surface area (Å²) < 4.78 is 0. The van der Waals surface area contributed by atoms with Crippen molar-refractivity contribution in [1.82, 2.24) is 9.96 Å². The van der Waals surface area contributed by atoms with Crippen molar-refractivity contribution < 1.29 is 4.84 Å². The molecule has 1 atom stereocenters. The second-order valence-corrected chi connectivity index (χ2v) is 5.24. The van der Waals surface area contributed by atoms with Crippen LogP contribution >= 0.6 is 0 Å². The first-order valence-corrected chi connectivity index (χ1v) is 6.98. The molecular weight excluding hydrogens is 236 g/mol. The predicted molar refractivity (Wildman–Crippen MR) is 78.4 cm³/mol. The number of nitrogens with zero attached hydrogens (tertiary/aromatic N) is 2. The molecule has 0 bridgehead atoms. The maximum atomic E-state index is 5.80. The quantitative estimate of drug-likeness (QED) is 0.757. The Morgan fingerprint density at radius 2 is 2.11 bits per heavy atom. The Morgan fingerprint density at radius 1 is 1.37 bits per heavy atom. The lowest BCUT2D eigenvalue weighted by Gasteiger charge is -2.36.